The number of carbonyl (C=O) groups is 2. The summed E-state index contributed by atoms with van der Waals surface area (Å²) in [4.78, 5) is 27.1. The van der Waals surface area contributed by atoms with Gasteiger partial charge in [0.15, 0.2) is 0 Å². The lowest BCUT2D eigenvalue weighted by atomic mass is 9.97. The number of aliphatic carboxylic acids is 1. The summed E-state index contributed by atoms with van der Waals surface area (Å²) in [6.07, 6.45) is -2.88. The quantitative estimate of drug-likeness (QED) is 0.439. The van der Waals surface area contributed by atoms with E-state index < -0.39 is 30.5 Å². The third-order valence-electron chi connectivity index (χ3n) is 6.25. The van der Waals surface area contributed by atoms with Crippen LogP contribution in [0.15, 0.2) is 54.6 Å². The van der Waals surface area contributed by atoms with Crippen LogP contribution in [0.1, 0.15) is 34.8 Å². The largest absolute Gasteiger partial charge is 0.497 e. The average molecular weight is 537 g/mol. The van der Waals surface area contributed by atoms with Gasteiger partial charge in [-0.25, -0.2) is 0 Å². The summed E-state index contributed by atoms with van der Waals surface area (Å²) in [7, 11) is 4.52. The van der Waals surface area contributed by atoms with E-state index in [1.54, 1.807) is 54.6 Å². The van der Waals surface area contributed by atoms with Crippen molar-refractivity contribution in [2.45, 2.75) is 25.2 Å². The monoisotopic (exact) mass is 536 g/mol. The van der Waals surface area contributed by atoms with Gasteiger partial charge in [-0.2, -0.15) is 5.26 Å². The van der Waals surface area contributed by atoms with Crippen molar-refractivity contribution in [1.82, 2.24) is 0 Å². The molecule has 2 unspecified atom stereocenters. The van der Waals surface area contributed by atoms with Gasteiger partial charge < -0.3 is 29.0 Å². The molecule has 0 saturated carbocycles. The molecule has 0 spiro atoms. The van der Waals surface area contributed by atoms with Crippen molar-refractivity contribution in [2.75, 3.05) is 26.2 Å². The van der Waals surface area contributed by atoms with E-state index in [1.165, 1.54) is 26.2 Å². The second-order valence-corrected chi connectivity index (χ2v) is 8.83. The highest BCUT2D eigenvalue weighted by Crippen LogP contribution is 2.44. The first-order chi connectivity index (χ1) is 18.3. The molecular formula is C28H25ClN2O7. The number of nitriles is 1. The minimum Gasteiger partial charge on any atom is -0.497 e. The summed E-state index contributed by atoms with van der Waals surface area (Å²) < 4.78 is 22.4. The molecule has 0 saturated heterocycles. The molecule has 0 aromatic heterocycles. The molecule has 38 heavy (non-hydrogen) atoms. The SMILES string of the molecule is COc1ccc(CN2C(=O)C(CC(=O)O)OC(c3cccc(OC)c3Cl)c3cc(C#N)ccc32)c(OC)c1. The van der Waals surface area contributed by atoms with Crippen molar-refractivity contribution < 1.29 is 33.6 Å². The zero-order chi connectivity index (χ0) is 27.4. The molecule has 1 heterocycles. The van der Waals surface area contributed by atoms with E-state index in [9.17, 15) is 20.0 Å². The molecule has 1 N–H and O–H groups in total. The highest BCUT2D eigenvalue weighted by Gasteiger charge is 2.39. The molecule has 1 amide bonds. The van der Waals surface area contributed by atoms with Crippen molar-refractivity contribution in [2.24, 2.45) is 0 Å². The number of hydrogen-bond acceptors (Lipinski definition) is 7. The van der Waals surface area contributed by atoms with E-state index >= 15 is 0 Å². The van der Waals surface area contributed by atoms with Crippen LogP contribution in [0.2, 0.25) is 5.02 Å². The van der Waals surface area contributed by atoms with E-state index in [-0.39, 0.29) is 11.6 Å². The number of rotatable bonds is 8. The summed E-state index contributed by atoms with van der Waals surface area (Å²) in [5.41, 5.74) is 2.39. The van der Waals surface area contributed by atoms with Crippen molar-refractivity contribution in [3.8, 4) is 23.3 Å². The highest BCUT2D eigenvalue weighted by molar-refractivity contribution is 6.33. The molecule has 3 aromatic rings. The van der Waals surface area contributed by atoms with E-state index in [4.69, 9.17) is 30.5 Å². The van der Waals surface area contributed by atoms with Gasteiger partial charge >= 0.3 is 5.97 Å². The number of amides is 1. The molecule has 196 valence electrons. The molecular weight excluding hydrogens is 512 g/mol. The van der Waals surface area contributed by atoms with Crippen LogP contribution in [0, 0.1) is 11.3 Å². The topological polar surface area (TPSA) is 118 Å². The molecule has 0 radical (unpaired) electrons. The lowest BCUT2D eigenvalue weighted by Crippen LogP contribution is -2.40. The number of benzene rings is 3. The molecule has 1 aliphatic rings. The fourth-order valence-electron chi connectivity index (χ4n) is 4.41. The van der Waals surface area contributed by atoms with Crippen molar-refractivity contribution >= 4 is 29.2 Å². The molecule has 2 atom stereocenters. The Balaban J connectivity index is 1.92. The smallest absolute Gasteiger partial charge is 0.306 e. The third kappa shape index (κ3) is 5.23. The van der Waals surface area contributed by atoms with Crippen molar-refractivity contribution in [1.29, 1.82) is 5.26 Å². The Labute approximate surface area is 224 Å². The van der Waals surface area contributed by atoms with Gasteiger partial charge in [-0.1, -0.05) is 23.7 Å². The van der Waals surface area contributed by atoms with Crippen LogP contribution in [0.4, 0.5) is 5.69 Å². The van der Waals surface area contributed by atoms with Gasteiger partial charge in [-0.15, -0.1) is 0 Å². The van der Waals surface area contributed by atoms with E-state index in [1.807, 2.05) is 0 Å². The Morgan fingerprint density at radius 2 is 1.82 bits per heavy atom. The van der Waals surface area contributed by atoms with Crippen LogP contribution in [-0.4, -0.2) is 44.4 Å². The molecule has 0 bridgehead atoms. The number of hydrogen-bond donors (Lipinski definition) is 1. The maximum absolute atomic E-state index is 13.9. The van der Waals surface area contributed by atoms with Crippen LogP contribution in [0.25, 0.3) is 0 Å². The first-order valence-electron chi connectivity index (χ1n) is 11.6. The second kappa shape index (κ2) is 11.4. The number of carbonyl (C=O) groups excluding carboxylic acids is 1. The predicted molar refractivity (Wildman–Crippen MR) is 139 cm³/mol. The Morgan fingerprint density at radius 3 is 2.47 bits per heavy atom. The third-order valence-corrected chi connectivity index (χ3v) is 6.65. The fraction of sp³-hybridized carbons (Fsp3) is 0.250. The number of nitrogens with zero attached hydrogens (tertiary/aromatic N) is 2. The van der Waals surface area contributed by atoms with Crippen LogP contribution in [0.5, 0.6) is 17.2 Å². The first-order valence-corrected chi connectivity index (χ1v) is 11.9. The number of methoxy groups -OCH3 is 3. The fourth-order valence-corrected chi connectivity index (χ4v) is 4.71. The molecule has 0 fully saturated rings. The van der Waals surface area contributed by atoms with Gasteiger partial charge in [0.1, 0.15) is 29.5 Å². The van der Waals surface area contributed by atoms with Gasteiger partial charge in [-0.3, -0.25) is 9.59 Å². The number of carboxylic acids is 1. The second-order valence-electron chi connectivity index (χ2n) is 8.45. The van der Waals surface area contributed by atoms with E-state index in [0.29, 0.717) is 45.2 Å². The van der Waals surface area contributed by atoms with E-state index in [2.05, 4.69) is 6.07 Å². The Morgan fingerprint density at radius 1 is 1.05 bits per heavy atom. The summed E-state index contributed by atoms with van der Waals surface area (Å²) in [5.74, 6) is -0.315. The van der Waals surface area contributed by atoms with Crippen molar-refractivity contribution in [3.05, 3.63) is 81.9 Å². The molecule has 9 nitrogen and oxygen atoms in total. The first kappa shape index (κ1) is 26.8. The number of carboxylic acid groups (broad SMARTS) is 1. The lowest BCUT2D eigenvalue weighted by Gasteiger charge is -2.26. The predicted octanol–water partition coefficient (Wildman–Crippen LogP) is 4.73. The minimum absolute atomic E-state index is 0.0446. The van der Waals surface area contributed by atoms with Crippen LogP contribution >= 0.6 is 11.6 Å². The molecule has 4 rings (SSSR count). The van der Waals surface area contributed by atoms with Crippen LogP contribution in [0.3, 0.4) is 0 Å². The Bertz CT molecular complexity index is 1420. The minimum atomic E-state index is -1.35. The van der Waals surface area contributed by atoms with Gasteiger partial charge in [0.25, 0.3) is 5.91 Å². The molecule has 1 aliphatic heterocycles. The van der Waals surface area contributed by atoms with Gasteiger partial charge in [0.05, 0.1) is 56.6 Å². The summed E-state index contributed by atoms with van der Waals surface area (Å²) in [6.45, 7) is 0.0446. The molecule has 0 aliphatic carbocycles. The highest BCUT2D eigenvalue weighted by atomic mass is 35.5. The molecule has 3 aromatic carbocycles. The van der Waals surface area contributed by atoms with Crippen LogP contribution in [-0.2, 0) is 20.9 Å². The van der Waals surface area contributed by atoms with Crippen LogP contribution < -0.4 is 19.1 Å². The number of halogens is 1. The van der Waals surface area contributed by atoms with Crippen molar-refractivity contribution in [3.63, 3.8) is 0 Å². The van der Waals surface area contributed by atoms with Gasteiger partial charge in [-0.05, 0) is 36.4 Å². The van der Waals surface area contributed by atoms with Gasteiger partial charge in [0, 0.05) is 22.8 Å². The van der Waals surface area contributed by atoms with Gasteiger partial charge in [0.2, 0.25) is 0 Å². The molecule has 10 heteroatoms. The summed E-state index contributed by atoms with van der Waals surface area (Å²) in [5, 5.41) is 19.5. The Kier molecular flexibility index (Phi) is 8.05. The van der Waals surface area contributed by atoms with E-state index in [0.717, 1.165) is 0 Å². The summed E-state index contributed by atoms with van der Waals surface area (Å²) in [6, 6.07) is 17.3. The zero-order valence-electron chi connectivity index (χ0n) is 20.9. The number of fused-ring (bicyclic) bond motifs is 1. The zero-order valence-corrected chi connectivity index (χ0v) is 21.7. The lowest BCUT2D eigenvalue weighted by molar-refractivity contribution is -0.146. The normalized spacial score (nSPS) is 16.7. The average Bonchev–Trinajstić information content (AvgIpc) is 3.03. The Hall–Kier alpha value is -4.26. The summed E-state index contributed by atoms with van der Waals surface area (Å²) >= 11 is 6.65. The standard InChI is InChI=1S/C28H25ClN2O7/c1-35-18-9-8-17(23(12-18)37-3)15-31-21-10-7-16(14-30)11-20(21)27(38-24(28(31)34)13-25(32)33)19-5-4-6-22(36-2)26(19)29/h4-12,24,27H,13,15H2,1-3H3,(H,32,33). The number of ether oxygens (including phenoxy) is 4. The number of anilines is 1. The maximum atomic E-state index is 13.9. The maximum Gasteiger partial charge on any atom is 0.306 e.